The summed E-state index contributed by atoms with van der Waals surface area (Å²) < 4.78 is 0. The van der Waals surface area contributed by atoms with Gasteiger partial charge in [0.15, 0.2) is 0 Å². The zero-order valence-electron chi connectivity index (χ0n) is 39.6. The van der Waals surface area contributed by atoms with Crippen LogP contribution in [-0.4, -0.2) is 244 Å². The number of rotatable bonds is 22. The highest BCUT2D eigenvalue weighted by Crippen LogP contribution is 2.16. The van der Waals surface area contributed by atoms with E-state index in [0.717, 1.165) is 30.4 Å². The fourth-order valence-corrected chi connectivity index (χ4v) is 7.75. The SMILES string of the molecule is C.C=CC(=O)N1CN(C(=O)C=C)CN(C(=O)C=C)C1.C=CC(=O)N1CN(C(=O)C=C)CN(C(=O)CCSCCO)C1.C=CC(=O)N1CN(C(=O)CCSCCO)CN(C(=O)CCSCCO)C1.OCCS. The molecule has 0 bridgehead atoms. The van der Waals surface area contributed by atoms with Gasteiger partial charge in [0.1, 0.15) is 0 Å². The maximum Gasteiger partial charge on any atom is 0.248 e. The smallest absolute Gasteiger partial charge is 0.248 e. The van der Waals surface area contributed by atoms with Crippen LogP contribution in [0.1, 0.15) is 26.7 Å². The van der Waals surface area contributed by atoms with Gasteiger partial charge in [0.25, 0.3) is 0 Å². The molecule has 4 N–H and O–H groups in total. The summed E-state index contributed by atoms with van der Waals surface area (Å²) in [7, 11) is 0. The minimum absolute atomic E-state index is 0. The van der Waals surface area contributed by atoms with E-state index in [1.807, 2.05) is 0 Å². The number of carbonyl (C=O) groups excluding carboxylic acids is 9. The summed E-state index contributed by atoms with van der Waals surface area (Å²) in [5.41, 5.74) is 0. The van der Waals surface area contributed by atoms with Gasteiger partial charge in [0.05, 0.1) is 86.4 Å². The number of thioether (sulfide) groups is 3. The van der Waals surface area contributed by atoms with Crippen LogP contribution in [0.25, 0.3) is 0 Å². The van der Waals surface area contributed by atoms with Crippen LogP contribution < -0.4 is 0 Å². The molecular formula is C45H73N9O13S4. The second kappa shape index (κ2) is 40.5. The number of carbonyl (C=O) groups is 9. The summed E-state index contributed by atoms with van der Waals surface area (Å²) in [6, 6.07) is 0. The third-order valence-corrected chi connectivity index (χ3v) is 12.3. The van der Waals surface area contributed by atoms with Crippen molar-refractivity contribution >= 4 is 101 Å². The second-order valence-corrected chi connectivity index (χ2v) is 18.4. The molecule has 0 radical (unpaired) electrons. The first-order valence-corrected chi connectivity index (χ1v) is 25.7. The van der Waals surface area contributed by atoms with Crippen LogP contribution in [0.15, 0.2) is 75.9 Å². The van der Waals surface area contributed by atoms with Crippen molar-refractivity contribution in [1.82, 2.24) is 44.1 Å². The van der Waals surface area contributed by atoms with Crippen LogP contribution in [0.3, 0.4) is 0 Å². The summed E-state index contributed by atoms with van der Waals surface area (Å²) >= 11 is 8.11. The maximum atomic E-state index is 12.4. The van der Waals surface area contributed by atoms with Gasteiger partial charge in [-0.05, 0) is 36.5 Å². The quantitative estimate of drug-likeness (QED) is 0.0547. The molecular weight excluding hydrogens is 1000 g/mol. The first-order chi connectivity index (χ1) is 33.5. The number of hydrogen-bond donors (Lipinski definition) is 5. The molecule has 3 rings (SSSR count). The Hall–Kier alpha value is -5.09. The lowest BCUT2D eigenvalue weighted by Gasteiger charge is -2.42. The van der Waals surface area contributed by atoms with Gasteiger partial charge in [0.2, 0.25) is 53.2 Å². The molecule has 3 saturated heterocycles. The van der Waals surface area contributed by atoms with E-state index in [1.54, 1.807) is 0 Å². The Kier molecular flexibility index (Phi) is 38.8. The Morgan fingerprint density at radius 1 is 0.352 bits per heavy atom. The van der Waals surface area contributed by atoms with E-state index in [1.165, 1.54) is 85.5 Å². The number of thiol groups is 1. The number of hydrogen-bond acceptors (Lipinski definition) is 17. The first-order valence-electron chi connectivity index (χ1n) is 21.6. The monoisotopic (exact) mass is 1080 g/mol. The van der Waals surface area contributed by atoms with E-state index < -0.39 is 0 Å². The third kappa shape index (κ3) is 26.8. The van der Waals surface area contributed by atoms with Crippen molar-refractivity contribution in [1.29, 1.82) is 0 Å². The van der Waals surface area contributed by atoms with Gasteiger partial charge in [-0.2, -0.15) is 47.9 Å². The molecule has 9 amide bonds. The number of aliphatic hydroxyl groups excluding tert-OH is 4. The summed E-state index contributed by atoms with van der Waals surface area (Å²) in [5.74, 6) is 1.57. The molecule has 0 spiro atoms. The molecule has 71 heavy (non-hydrogen) atoms. The lowest BCUT2D eigenvalue weighted by Crippen LogP contribution is -2.59. The molecule has 0 aromatic heterocycles. The van der Waals surface area contributed by atoms with Gasteiger partial charge in [-0.15, -0.1) is 0 Å². The van der Waals surface area contributed by atoms with Crippen LogP contribution >= 0.6 is 47.9 Å². The van der Waals surface area contributed by atoms with Gasteiger partial charge < -0.3 is 64.5 Å². The molecule has 0 unspecified atom stereocenters. The zero-order chi connectivity index (χ0) is 53.0. The molecule has 3 aliphatic heterocycles. The van der Waals surface area contributed by atoms with Gasteiger partial charge in [-0.25, -0.2) is 0 Å². The van der Waals surface area contributed by atoms with E-state index in [0.29, 0.717) is 40.3 Å². The molecule has 400 valence electrons. The van der Waals surface area contributed by atoms with Gasteiger partial charge in [0, 0.05) is 59.5 Å². The normalized spacial score (nSPS) is 14.1. The Balaban J connectivity index is 0. The van der Waals surface area contributed by atoms with Crippen LogP contribution in [0.2, 0.25) is 0 Å². The third-order valence-electron chi connectivity index (χ3n) is 9.24. The van der Waals surface area contributed by atoms with Crippen LogP contribution in [0.4, 0.5) is 0 Å². The van der Waals surface area contributed by atoms with Gasteiger partial charge >= 0.3 is 0 Å². The largest absolute Gasteiger partial charge is 0.396 e. The lowest BCUT2D eigenvalue weighted by molar-refractivity contribution is -0.157. The molecule has 22 nitrogen and oxygen atoms in total. The maximum absolute atomic E-state index is 12.4. The average molecular weight is 1080 g/mol. The fraction of sp³-hybridized carbons (Fsp3) is 0.533. The summed E-state index contributed by atoms with van der Waals surface area (Å²) in [6.45, 7) is 22.0. The minimum atomic E-state index is -0.349. The van der Waals surface area contributed by atoms with Gasteiger partial charge in [-0.1, -0.05) is 46.9 Å². The second-order valence-electron chi connectivity index (χ2n) is 14.3. The van der Waals surface area contributed by atoms with Crippen molar-refractivity contribution in [3.8, 4) is 0 Å². The first kappa shape index (κ1) is 68.0. The topological polar surface area (TPSA) is 264 Å². The number of nitrogens with zero attached hydrogens (tertiary/aromatic N) is 9. The van der Waals surface area contributed by atoms with Crippen molar-refractivity contribution in [2.24, 2.45) is 0 Å². The molecule has 0 aromatic carbocycles. The van der Waals surface area contributed by atoms with Crippen LogP contribution in [0.5, 0.6) is 0 Å². The highest BCUT2D eigenvalue weighted by Gasteiger charge is 2.32. The van der Waals surface area contributed by atoms with Crippen molar-refractivity contribution in [2.75, 3.05) is 127 Å². The molecule has 0 aliphatic carbocycles. The Morgan fingerprint density at radius 2 is 0.521 bits per heavy atom. The molecule has 0 aromatic rings. The minimum Gasteiger partial charge on any atom is -0.396 e. The lowest BCUT2D eigenvalue weighted by atomic mass is 10.3. The summed E-state index contributed by atoms with van der Waals surface area (Å²) in [5, 5.41) is 34.0. The molecule has 0 saturated carbocycles. The number of amides is 9. The standard InChI is InChI=1S/C16H27N3O5S2.C14H21N3O4S.C12H15N3O3.C2H6OS.CH4/c1-2-14(22)17-11-18(15(23)3-7-25-9-5-20)13-19(12-17)16(24)4-8-26-10-6-21;1-3-12(19)15-9-16(13(20)4-2)11-17(10-15)14(21)5-7-22-8-6-18;1-4-10(16)13-7-14(11(17)5-2)9-15(8-13)12(18)6-3;3-1-2-4;/h2,20-21H,1,3-13H2;3-4,18H,1-2,5-11H2;4-6H,1-3,7-9H2;3-4H,1-2H2;1H4. The van der Waals surface area contributed by atoms with Crippen molar-refractivity contribution in [2.45, 2.75) is 26.7 Å². The Bertz CT molecular complexity index is 1670. The predicted octanol–water partition coefficient (Wildman–Crippen LogP) is 0.0823. The fourth-order valence-electron chi connectivity index (χ4n) is 5.79. The Labute approximate surface area is 436 Å². The Morgan fingerprint density at radius 3 is 0.676 bits per heavy atom. The van der Waals surface area contributed by atoms with E-state index in [2.05, 4.69) is 52.1 Å². The molecule has 26 heteroatoms. The number of aliphatic hydroxyl groups is 4. The predicted molar refractivity (Wildman–Crippen MR) is 281 cm³/mol. The molecule has 0 atom stereocenters. The van der Waals surface area contributed by atoms with Crippen molar-refractivity contribution in [3.05, 3.63) is 75.9 Å². The highest BCUT2D eigenvalue weighted by molar-refractivity contribution is 7.99. The van der Waals surface area contributed by atoms with Crippen LogP contribution in [-0.2, 0) is 43.2 Å². The molecule has 3 fully saturated rings. The zero-order valence-corrected chi connectivity index (χ0v) is 43.0. The van der Waals surface area contributed by atoms with E-state index in [-0.39, 0.29) is 166 Å². The average Bonchev–Trinajstić information content (AvgIpc) is 3.40. The van der Waals surface area contributed by atoms with E-state index in [4.69, 9.17) is 20.4 Å². The van der Waals surface area contributed by atoms with Gasteiger partial charge in [-0.3, -0.25) is 43.2 Å². The highest BCUT2D eigenvalue weighted by atomic mass is 32.2. The van der Waals surface area contributed by atoms with Crippen molar-refractivity contribution < 1.29 is 63.6 Å². The van der Waals surface area contributed by atoms with Crippen LogP contribution in [0, 0.1) is 0 Å². The van der Waals surface area contributed by atoms with E-state index in [9.17, 15) is 43.2 Å². The summed E-state index contributed by atoms with van der Waals surface area (Å²) in [4.78, 5) is 120. The van der Waals surface area contributed by atoms with E-state index >= 15 is 0 Å². The van der Waals surface area contributed by atoms with Crippen molar-refractivity contribution in [3.63, 3.8) is 0 Å². The molecule has 3 aliphatic rings. The summed E-state index contributed by atoms with van der Waals surface area (Å²) in [6.07, 6.45) is 7.75. The molecule has 3 heterocycles.